The van der Waals surface area contributed by atoms with Crippen LogP contribution in [-0.2, 0) is 26.7 Å². The first-order chi connectivity index (χ1) is 15.5. The first-order valence-corrected chi connectivity index (χ1v) is 11.5. The molecule has 0 aliphatic heterocycles. The second-order valence-corrected chi connectivity index (χ2v) is 8.76. The van der Waals surface area contributed by atoms with E-state index in [0.29, 0.717) is 11.1 Å². The summed E-state index contributed by atoms with van der Waals surface area (Å²) in [5.74, 6) is -0.458. The molecule has 1 N–H and O–H groups in total. The number of amides is 1. The molecule has 2 aromatic rings. The van der Waals surface area contributed by atoms with Crippen LogP contribution in [0.5, 0.6) is 0 Å². The van der Waals surface area contributed by atoms with Crippen molar-refractivity contribution in [3.63, 3.8) is 0 Å². The Hall–Kier alpha value is -2.20. The topological polar surface area (TPSA) is 72.3 Å². The number of oxime groups is 2. The molecule has 0 saturated carbocycles. The third-order valence-corrected chi connectivity index (χ3v) is 5.74. The molecule has 11 heteroatoms. The molecule has 33 heavy (non-hydrogen) atoms. The molecule has 0 bridgehead atoms. The van der Waals surface area contributed by atoms with Gasteiger partial charge in [0.05, 0.1) is 5.71 Å². The zero-order valence-electron chi connectivity index (χ0n) is 18.5. The molecule has 0 heterocycles. The Morgan fingerprint density at radius 1 is 1.24 bits per heavy atom. The number of halogens is 4. The first kappa shape index (κ1) is 27.0. The molecule has 0 aliphatic carbocycles. The smallest absolute Gasteiger partial charge is 0.284 e. The van der Waals surface area contributed by atoms with Gasteiger partial charge in [-0.1, -0.05) is 55.9 Å². The van der Waals surface area contributed by atoms with Gasteiger partial charge in [0.15, 0.2) is 9.89 Å². The monoisotopic (exact) mass is 593 g/mol. The minimum Gasteiger partial charge on any atom is -0.398 e. The zero-order valence-corrected chi connectivity index (χ0v) is 21.8. The lowest BCUT2D eigenvalue weighted by atomic mass is 9.98. The van der Waals surface area contributed by atoms with Crippen molar-refractivity contribution in [3.05, 3.63) is 69.8 Å². The highest BCUT2D eigenvalue weighted by Gasteiger charge is 2.31. The number of aryl methyl sites for hydroxylation is 1. The van der Waals surface area contributed by atoms with Crippen LogP contribution in [-0.4, -0.2) is 31.5 Å². The molecular weight excluding hydrogens is 569 g/mol. The van der Waals surface area contributed by atoms with Gasteiger partial charge >= 0.3 is 0 Å². The predicted octanol–water partition coefficient (Wildman–Crippen LogP) is 5.36. The van der Waals surface area contributed by atoms with Crippen LogP contribution in [0.25, 0.3) is 0 Å². The van der Waals surface area contributed by atoms with E-state index in [0.717, 1.165) is 5.56 Å². The summed E-state index contributed by atoms with van der Waals surface area (Å²) in [6, 6.07) is 9.28. The molecule has 178 valence electrons. The molecule has 0 saturated heterocycles. The molecule has 2 rings (SSSR count). The molecular formula is C22H24F3IN3O3P. The van der Waals surface area contributed by atoms with Crippen molar-refractivity contribution in [1.29, 1.82) is 0 Å². The fourth-order valence-electron chi connectivity index (χ4n) is 3.21. The van der Waals surface area contributed by atoms with Gasteiger partial charge in [-0.25, -0.2) is 4.39 Å². The summed E-state index contributed by atoms with van der Waals surface area (Å²) in [7, 11) is 4.25. The summed E-state index contributed by atoms with van der Waals surface area (Å²) in [4.78, 5) is 22.6. The molecule has 2 aromatic carbocycles. The average Bonchev–Trinajstić information content (AvgIpc) is 2.76. The minimum atomic E-state index is -3.28. The lowest BCUT2D eigenvalue weighted by molar-refractivity contribution is -0.114. The summed E-state index contributed by atoms with van der Waals surface area (Å²) >= 11 is 1.52. The van der Waals surface area contributed by atoms with Crippen molar-refractivity contribution in [3.8, 4) is 0 Å². The molecule has 0 aromatic heterocycles. The highest BCUT2D eigenvalue weighted by atomic mass is 127. The molecule has 0 radical (unpaired) electrons. The Bertz CT molecular complexity index is 1070. The summed E-state index contributed by atoms with van der Waals surface area (Å²) in [5, 5.41) is 10.3. The van der Waals surface area contributed by atoms with E-state index in [4.69, 9.17) is 9.68 Å². The molecule has 2 unspecified atom stereocenters. The zero-order chi connectivity index (χ0) is 24.8. The van der Waals surface area contributed by atoms with Crippen LogP contribution in [0.3, 0.4) is 0 Å². The van der Waals surface area contributed by atoms with Gasteiger partial charge in [0.2, 0.25) is 0 Å². The number of nitrogens with one attached hydrogen (secondary N) is 1. The number of hydrogen-bond acceptors (Lipinski definition) is 5. The summed E-state index contributed by atoms with van der Waals surface area (Å²) < 4.78 is 41.0. The Kier molecular flexibility index (Phi) is 9.66. The fourth-order valence-corrected chi connectivity index (χ4v) is 3.97. The van der Waals surface area contributed by atoms with Crippen LogP contribution in [0.15, 0.2) is 46.7 Å². The van der Waals surface area contributed by atoms with Crippen LogP contribution >= 0.6 is 31.8 Å². The Morgan fingerprint density at radius 3 is 2.48 bits per heavy atom. The van der Waals surface area contributed by atoms with Gasteiger partial charge in [-0.05, 0) is 42.0 Å². The van der Waals surface area contributed by atoms with Crippen molar-refractivity contribution in [1.82, 2.24) is 5.32 Å². The molecule has 0 spiro atoms. The summed E-state index contributed by atoms with van der Waals surface area (Å²) in [6.45, 7) is 3.20. The summed E-state index contributed by atoms with van der Waals surface area (Å²) in [6.07, 6.45) is 0. The first-order valence-electron chi connectivity index (χ1n) is 9.70. The van der Waals surface area contributed by atoms with Crippen molar-refractivity contribution in [2.45, 2.75) is 30.3 Å². The van der Waals surface area contributed by atoms with E-state index in [-0.39, 0.29) is 34.7 Å². The molecule has 6 nitrogen and oxygen atoms in total. The van der Waals surface area contributed by atoms with E-state index < -0.39 is 15.7 Å². The van der Waals surface area contributed by atoms with E-state index >= 15 is 0 Å². The maximum atomic E-state index is 14.2. The second kappa shape index (κ2) is 11.8. The van der Waals surface area contributed by atoms with Gasteiger partial charge in [-0.3, -0.25) is 4.79 Å². The highest BCUT2D eigenvalue weighted by Crippen LogP contribution is 2.41. The van der Waals surface area contributed by atoms with Crippen molar-refractivity contribution < 1.29 is 27.6 Å². The second-order valence-electron chi connectivity index (χ2n) is 6.95. The maximum absolute atomic E-state index is 14.2. The number of carbonyl (C=O) groups excluding carboxylic acids is 1. The number of alkyl halides is 4. The molecule has 0 aliphatic rings. The van der Waals surface area contributed by atoms with Gasteiger partial charge in [0.1, 0.15) is 13.7 Å². The SMILES string of the molecule is CNC(=O)/C(=N/OC)c1cccc(C)c1CO/N=C(\C)c1c(C(F)I)cccc1C(F)(F)P. The predicted molar refractivity (Wildman–Crippen MR) is 134 cm³/mol. The van der Waals surface area contributed by atoms with Crippen molar-refractivity contribution in [2.24, 2.45) is 10.3 Å². The van der Waals surface area contributed by atoms with E-state index in [2.05, 4.69) is 15.6 Å². The minimum absolute atomic E-state index is 0.0172. The molecule has 0 fully saturated rings. The van der Waals surface area contributed by atoms with Crippen LogP contribution in [0.4, 0.5) is 13.2 Å². The average molecular weight is 593 g/mol. The number of carbonyl (C=O) groups is 1. The third kappa shape index (κ3) is 6.66. The third-order valence-electron chi connectivity index (χ3n) is 4.75. The van der Waals surface area contributed by atoms with Crippen LogP contribution in [0.1, 0.15) is 44.5 Å². The molecule has 2 atom stereocenters. The van der Waals surface area contributed by atoms with Gasteiger partial charge in [-0.15, -0.1) is 0 Å². The lowest BCUT2D eigenvalue weighted by Crippen LogP contribution is -2.29. The van der Waals surface area contributed by atoms with E-state index in [1.54, 1.807) is 12.1 Å². The lowest BCUT2D eigenvalue weighted by Gasteiger charge is -2.19. The van der Waals surface area contributed by atoms with E-state index in [1.807, 2.05) is 13.0 Å². The number of hydrogen-bond donors (Lipinski definition) is 1. The van der Waals surface area contributed by atoms with Crippen molar-refractivity contribution >= 4 is 49.2 Å². The van der Waals surface area contributed by atoms with Crippen LogP contribution in [0, 0.1) is 6.92 Å². The number of benzene rings is 2. The number of nitrogens with zero attached hydrogens (tertiary/aromatic N) is 2. The standard InChI is InChI=1S/C22H24F3IN3O3P/c1-12-7-5-8-14(19(29-31-4)21(30)27-3)16(12)11-32-28-13(2)18-15(20(23)26)9-6-10-17(18)22(24,25)33/h5-10,20H,11,33H2,1-4H3,(H,27,30)/b28-13+,29-19+. The summed E-state index contributed by atoms with van der Waals surface area (Å²) in [5.41, 5.74) is -1.59. The quantitative estimate of drug-likeness (QED) is 0.140. The van der Waals surface area contributed by atoms with Crippen molar-refractivity contribution in [2.75, 3.05) is 14.2 Å². The van der Waals surface area contributed by atoms with Crippen LogP contribution < -0.4 is 5.32 Å². The Balaban J connectivity index is 2.45. The van der Waals surface area contributed by atoms with Gasteiger partial charge in [0, 0.05) is 34.9 Å². The number of likely N-dealkylation sites (N-methyl/N-ethyl adjacent to an activating group) is 1. The van der Waals surface area contributed by atoms with Gasteiger partial charge in [-0.2, -0.15) is 8.78 Å². The number of rotatable bonds is 9. The van der Waals surface area contributed by atoms with Gasteiger partial charge < -0.3 is 15.0 Å². The maximum Gasteiger partial charge on any atom is 0.284 e. The Morgan fingerprint density at radius 2 is 1.91 bits per heavy atom. The normalized spacial score (nSPS) is 13.5. The molecule has 1 amide bonds. The van der Waals surface area contributed by atoms with E-state index in [9.17, 15) is 18.0 Å². The van der Waals surface area contributed by atoms with Crippen LogP contribution in [0.2, 0.25) is 0 Å². The fraction of sp³-hybridized carbons (Fsp3) is 0.318. The largest absolute Gasteiger partial charge is 0.398 e. The Labute approximate surface area is 206 Å². The highest BCUT2D eigenvalue weighted by molar-refractivity contribution is 14.1. The van der Waals surface area contributed by atoms with E-state index in [1.165, 1.54) is 71.1 Å². The van der Waals surface area contributed by atoms with Gasteiger partial charge in [0.25, 0.3) is 11.6 Å².